The maximum absolute atomic E-state index is 11.8. The largest absolute Gasteiger partial charge is 0.322 e. The normalized spacial score (nSPS) is 12.8. The summed E-state index contributed by atoms with van der Waals surface area (Å²) in [5.74, 6) is 0.0556. The van der Waals surface area contributed by atoms with Crippen LogP contribution < -0.4 is 11.1 Å². The number of rotatable bonds is 5. The highest BCUT2D eigenvalue weighted by molar-refractivity contribution is 7.15. The van der Waals surface area contributed by atoms with Gasteiger partial charge in [0.2, 0.25) is 11.0 Å². The quantitative estimate of drug-likeness (QED) is 0.826. The summed E-state index contributed by atoms with van der Waals surface area (Å²) in [5, 5.41) is 11.8. The molecule has 1 amide bonds. The predicted molar refractivity (Wildman–Crippen MR) is 65.2 cm³/mol. The molecule has 0 bridgehead atoms. The summed E-state index contributed by atoms with van der Waals surface area (Å²) in [6.45, 7) is 5.84. The molecule has 1 unspecified atom stereocenters. The zero-order valence-electron chi connectivity index (χ0n) is 9.86. The van der Waals surface area contributed by atoms with E-state index in [4.69, 9.17) is 5.73 Å². The van der Waals surface area contributed by atoms with Gasteiger partial charge in [0.05, 0.1) is 6.04 Å². The SMILES string of the molecule is CCC(CC)C(=O)Nc1nnc(C(C)N)s1. The number of anilines is 1. The van der Waals surface area contributed by atoms with Crippen molar-refractivity contribution in [2.75, 3.05) is 5.32 Å². The molecule has 5 nitrogen and oxygen atoms in total. The molecule has 0 fully saturated rings. The minimum atomic E-state index is -0.142. The van der Waals surface area contributed by atoms with Crippen LogP contribution in [0.4, 0.5) is 5.13 Å². The van der Waals surface area contributed by atoms with E-state index in [2.05, 4.69) is 15.5 Å². The van der Waals surface area contributed by atoms with Crippen molar-refractivity contribution in [3.63, 3.8) is 0 Å². The van der Waals surface area contributed by atoms with Crippen LogP contribution in [0.5, 0.6) is 0 Å². The number of nitrogens with zero attached hydrogens (tertiary/aromatic N) is 2. The van der Waals surface area contributed by atoms with E-state index in [9.17, 15) is 4.79 Å². The Bertz CT molecular complexity index is 346. The zero-order chi connectivity index (χ0) is 12.1. The molecule has 0 saturated heterocycles. The molecule has 1 atom stereocenters. The Labute approximate surface area is 99.5 Å². The van der Waals surface area contributed by atoms with Gasteiger partial charge < -0.3 is 11.1 Å². The van der Waals surface area contributed by atoms with Crippen LogP contribution in [0.1, 0.15) is 44.7 Å². The Morgan fingerprint density at radius 2 is 2.06 bits per heavy atom. The molecule has 0 spiro atoms. The van der Waals surface area contributed by atoms with E-state index in [0.29, 0.717) is 5.13 Å². The minimum Gasteiger partial charge on any atom is -0.322 e. The second-order valence-electron chi connectivity index (χ2n) is 3.74. The van der Waals surface area contributed by atoms with E-state index in [1.807, 2.05) is 20.8 Å². The van der Waals surface area contributed by atoms with E-state index < -0.39 is 0 Å². The van der Waals surface area contributed by atoms with Crippen molar-refractivity contribution >= 4 is 22.4 Å². The summed E-state index contributed by atoms with van der Waals surface area (Å²) in [6.07, 6.45) is 1.67. The molecule has 0 aliphatic rings. The van der Waals surface area contributed by atoms with Crippen LogP contribution in [-0.4, -0.2) is 16.1 Å². The molecule has 6 heteroatoms. The Kier molecular flexibility index (Phi) is 4.82. The van der Waals surface area contributed by atoms with E-state index >= 15 is 0 Å². The molecule has 0 aromatic carbocycles. The molecule has 0 aliphatic carbocycles. The van der Waals surface area contributed by atoms with Crippen LogP contribution in [0, 0.1) is 5.92 Å². The summed E-state index contributed by atoms with van der Waals surface area (Å²) in [6, 6.07) is -0.142. The Morgan fingerprint density at radius 3 is 2.50 bits per heavy atom. The van der Waals surface area contributed by atoms with Crippen molar-refractivity contribution in [3.05, 3.63) is 5.01 Å². The molecule has 1 aromatic rings. The molecule has 1 rings (SSSR count). The summed E-state index contributed by atoms with van der Waals surface area (Å²) < 4.78 is 0. The van der Waals surface area contributed by atoms with Crippen LogP contribution >= 0.6 is 11.3 Å². The number of hydrogen-bond donors (Lipinski definition) is 2. The lowest BCUT2D eigenvalue weighted by molar-refractivity contribution is -0.120. The van der Waals surface area contributed by atoms with Gasteiger partial charge in [-0.3, -0.25) is 4.79 Å². The smallest absolute Gasteiger partial charge is 0.229 e. The molecule has 16 heavy (non-hydrogen) atoms. The average molecular weight is 242 g/mol. The van der Waals surface area contributed by atoms with Crippen molar-refractivity contribution in [1.29, 1.82) is 0 Å². The van der Waals surface area contributed by atoms with Crippen molar-refractivity contribution < 1.29 is 4.79 Å². The molecule has 1 aromatic heterocycles. The van der Waals surface area contributed by atoms with Crippen molar-refractivity contribution in [2.45, 2.75) is 39.7 Å². The van der Waals surface area contributed by atoms with Gasteiger partial charge in [0.25, 0.3) is 0 Å². The highest BCUT2D eigenvalue weighted by Gasteiger charge is 2.16. The van der Waals surface area contributed by atoms with Gasteiger partial charge in [-0.15, -0.1) is 10.2 Å². The fraction of sp³-hybridized carbons (Fsp3) is 0.700. The second-order valence-corrected chi connectivity index (χ2v) is 4.75. The molecule has 0 aliphatic heterocycles. The number of nitrogens with two attached hydrogens (primary N) is 1. The van der Waals surface area contributed by atoms with Gasteiger partial charge in [-0.2, -0.15) is 0 Å². The van der Waals surface area contributed by atoms with E-state index in [1.54, 1.807) is 0 Å². The van der Waals surface area contributed by atoms with Gasteiger partial charge in [-0.1, -0.05) is 25.2 Å². The van der Waals surface area contributed by atoms with Crippen LogP contribution in [0.15, 0.2) is 0 Å². The number of carbonyl (C=O) groups excluding carboxylic acids is 1. The topological polar surface area (TPSA) is 80.9 Å². The van der Waals surface area contributed by atoms with E-state index in [-0.39, 0.29) is 17.9 Å². The number of amides is 1. The summed E-state index contributed by atoms with van der Waals surface area (Å²) in [4.78, 5) is 11.8. The molecule has 1 heterocycles. The van der Waals surface area contributed by atoms with Gasteiger partial charge in [-0.25, -0.2) is 0 Å². The van der Waals surface area contributed by atoms with Gasteiger partial charge in [0.15, 0.2) is 0 Å². The Morgan fingerprint density at radius 1 is 1.44 bits per heavy atom. The zero-order valence-corrected chi connectivity index (χ0v) is 10.7. The highest BCUT2D eigenvalue weighted by atomic mass is 32.1. The summed E-state index contributed by atoms with van der Waals surface area (Å²) >= 11 is 1.33. The van der Waals surface area contributed by atoms with Crippen LogP contribution in [0.25, 0.3) is 0 Å². The lowest BCUT2D eigenvalue weighted by Gasteiger charge is -2.10. The fourth-order valence-corrected chi connectivity index (χ4v) is 2.03. The molecule has 3 N–H and O–H groups in total. The lowest BCUT2D eigenvalue weighted by Crippen LogP contribution is -2.21. The minimum absolute atomic E-state index is 0.0115. The van der Waals surface area contributed by atoms with Gasteiger partial charge in [0.1, 0.15) is 5.01 Å². The van der Waals surface area contributed by atoms with Crippen molar-refractivity contribution in [3.8, 4) is 0 Å². The molecule has 0 radical (unpaired) electrons. The average Bonchev–Trinajstić information content (AvgIpc) is 2.68. The lowest BCUT2D eigenvalue weighted by atomic mass is 10.0. The highest BCUT2D eigenvalue weighted by Crippen LogP contribution is 2.21. The van der Waals surface area contributed by atoms with Crippen molar-refractivity contribution in [1.82, 2.24) is 10.2 Å². The standard InChI is InChI=1S/C10H18N4OS/c1-4-7(5-2)8(15)12-10-14-13-9(16-10)6(3)11/h6-7H,4-5,11H2,1-3H3,(H,12,14,15). The monoisotopic (exact) mass is 242 g/mol. The second kappa shape index (κ2) is 5.91. The number of carbonyl (C=O) groups is 1. The number of nitrogens with one attached hydrogen (secondary N) is 1. The number of hydrogen-bond acceptors (Lipinski definition) is 5. The van der Waals surface area contributed by atoms with Gasteiger partial charge >= 0.3 is 0 Å². The molecule has 0 saturated carbocycles. The third-order valence-corrected chi connectivity index (χ3v) is 3.46. The third kappa shape index (κ3) is 3.24. The first-order chi connectivity index (χ1) is 7.58. The first kappa shape index (κ1) is 13.1. The number of aromatic nitrogens is 2. The van der Waals surface area contributed by atoms with Crippen LogP contribution in [0.2, 0.25) is 0 Å². The van der Waals surface area contributed by atoms with Gasteiger partial charge in [-0.05, 0) is 19.8 Å². The molecular weight excluding hydrogens is 224 g/mol. The molecular formula is C10H18N4OS. The first-order valence-electron chi connectivity index (χ1n) is 5.48. The summed E-state index contributed by atoms with van der Waals surface area (Å²) in [5.41, 5.74) is 5.67. The van der Waals surface area contributed by atoms with Crippen LogP contribution in [0.3, 0.4) is 0 Å². The fourth-order valence-electron chi connectivity index (χ4n) is 1.34. The summed E-state index contributed by atoms with van der Waals surface area (Å²) in [7, 11) is 0. The Hall–Kier alpha value is -1.01. The van der Waals surface area contributed by atoms with Gasteiger partial charge in [0, 0.05) is 5.92 Å². The first-order valence-corrected chi connectivity index (χ1v) is 6.29. The molecule has 90 valence electrons. The maximum Gasteiger partial charge on any atom is 0.229 e. The van der Waals surface area contributed by atoms with Crippen LogP contribution in [-0.2, 0) is 4.79 Å². The maximum atomic E-state index is 11.8. The van der Waals surface area contributed by atoms with Crippen molar-refractivity contribution in [2.24, 2.45) is 11.7 Å². The Balaban J connectivity index is 2.62. The third-order valence-electron chi connectivity index (χ3n) is 2.42. The van der Waals surface area contributed by atoms with E-state index in [1.165, 1.54) is 11.3 Å². The predicted octanol–water partition coefficient (Wildman–Crippen LogP) is 1.93. The van der Waals surface area contributed by atoms with E-state index in [0.717, 1.165) is 17.8 Å².